The Morgan fingerprint density at radius 1 is 1.15 bits per heavy atom. The number of methoxy groups -OCH3 is 1. The van der Waals surface area contributed by atoms with Gasteiger partial charge in [-0.25, -0.2) is 8.60 Å². The molecule has 0 aliphatic rings. The molecule has 0 fully saturated rings. The minimum atomic E-state index is -1.38. The summed E-state index contributed by atoms with van der Waals surface area (Å²) in [6.07, 6.45) is 2.10. The molecular formula is C21H26FNO3S. The van der Waals surface area contributed by atoms with Crippen LogP contribution in [0.15, 0.2) is 46.9 Å². The number of hydrogen-bond donors (Lipinski definition) is 0. The van der Waals surface area contributed by atoms with Gasteiger partial charge in [-0.15, -0.1) is 0 Å². The van der Waals surface area contributed by atoms with E-state index < -0.39 is 15.7 Å². The van der Waals surface area contributed by atoms with E-state index in [9.17, 15) is 8.60 Å². The highest BCUT2D eigenvalue weighted by molar-refractivity contribution is 7.85. The molecule has 4 nitrogen and oxygen atoms in total. The molecule has 0 aromatic heterocycles. The fourth-order valence-corrected chi connectivity index (χ4v) is 2.80. The zero-order valence-electron chi connectivity index (χ0n) is 16.2. The van der Waals surface area contributed by atoms with Crippen LogP contribution in [-0.2, 0) is 28.8 Å². The smallest absolute Gasteiger partial charge is 0.144 e. The minimum absolute atomic E-state index is 0.346. The van der Waals surface area contributed by atoms with Gasteiger partial charge in [0.2, 0.25) is 0 Å². The van der Waals surface area contributed by atoms with Crippen molar-refractivity contribution in [3.8, 4) is 5.75 Å². The van der Waals surface area contributed by atoms with Crippen LogP contribution in [0.3, 0.4) is 0 Å². The number of rotatable bonds is 8. The Morgan fingerprint density at radius 2 is 1.85 bits per heavy atom. The Balaban J connectivity index is 1.95. The molecule has 2 aromatic carbocycles. The van der Waals surface area contributed by atoms with Crippen LogP contribution in [0.4, 0.5) is 4.39 Å². The van der Waals surface area contributed by atoms with Gasteiger partial charge in [0.15, 0.2) is 0 Å². The first kappa shape index (κ1) is 21.3. The van der Waals surface area contributed by atoms with Gasteiger partial charge in [0, 0.05) is 6.21 Å². The lowest BCUT2D eigenvalue weighted by atomic mass is 10.1. The van der Waals surface area contributed by atoms with Crippen LogP contribution in [0.25, 0.3) is 0 Å². The molecule has 0 saturated heterocycles. The zero-order chi connectivity index (χ0) is 19.9. The number of ether oxygens (including phenoxy) is 2. The summed E-state index contributed by atoms with van der Waals surface area (Å²) in [6.45, 7) is 6.52. The van der Waals surface area contributed by atoms with Crippen LogP contribution in [0, 0.1) is 5.82 Å². The van der Waals surface area contributed by atoms with Crippen LogP contribution >= 0.6 is 0 Å². The van der Waals surface area contributed by atoms with Crippen molar-refractivity contribution in [1.82, 2.24) is 0 Å². The van der Waals surface area contributed by atoms with Crippen LogP contribution in [0.1, 0.15) is 37.5 Å². The summed E-state index contributed by atoms with van der Waals surface area (Å²) in [6, 6.07) is 12.2. The predicted octanol–water partition coefficient (Wildman–Crippen LogP) is 4.47. The summed E-state index contributed by atoms with van der Waals surface area (Å²) in [5, 5.41) is 0. The molecule has 27 heavy (non-hydrogen) atoms. The summed E-state index contributed by atoms with van der Waals surface area (Å²) in [4.78, 5) is 0. The summed E-state index contributed by atoms with van der Waals surface area (Å²) >= 11 is 0. The van der Waals surface area contributed by atoms with E-state index in [1.54, 1.807) is 13.2 Å². The molecule has 146 valence electrons. The van der Waals surface area contributed by atoms with Gasteiger partial charge in [-0.05, 0) is 68.1 Å². The van der Waals surface area contributed by atoms with Crippen LogP contribution in [0.5, 0.6) is 5.75 Å². The number of halogens is 1. The third-order valence-electron chi connectivity index (χ3n) is 3.86. The molecule has 2 rings (SSSR count). The monoisotopic (exact) mass is 391 g/mol. The molecule has 0 unspecified atom stereocenters. The number of hydrogen-bond acceptors (Lipinski definition) is 3. The van der Waals surface area contributed by atoms with Crippen molar-refractivity contribution in [3.63, 3.8) is 0 Å². The second-order valence-electron chi connectivity index (χ2n) is 7.09. The molecule has 0 heterocycles. The SMILES string of the molecule is COc1ccc(COCCc2ccc(F)cc2/C=N/[S@](=O)C(C)(C)C)cc1. The lowest BCUT2D eigenvalue weighted by Crippen LogP contribution is -2.19. The van der Waals surface area contributed by atoms with E-state index in [0.717, 1.165) is 16.9 Å². The maximum Gasteiger partial charge on any atom is 0.144 e. The fraction of sp³-hybridized carbons (Fsp3) is 0.381. The van der Waals surface area contributed by atoms with Crippen molar-refractivity contribution in [2.45, 2.75) is 38.5 Å². The van der Waals surface area contributed by atoms with Gasteiger partial charge in [0.25, 0.3) is 0 Å². The third kappa shape index (κ3) is 6.88. The maximum absolute atomic E-state index is 13.6. The van der Waals surface area contributed by atoms with E-state index in [4.69, 9.17) is 9.47 Å². The van der Waals surface area contributed by atoms with Gasteiger partial charge in [0.1, 0.15) is 22.6 Å². The summed E-state index contributed by atoms with van der Waals surface area (Å²) in [5.74, 6) is 0.461. The minimum Gasteiger partial charge on any atom is -0.497 e. The first-order valence-electron chi connectivity index (χ1n) is 8.75. The number of benzene rings is 2. The first-order chi connectivity index (χ1) is 12.8. The predicted molar refractivity (Wildman–Crippen MR) is 108 cm³/mol. The topological polar surface area (TPSA) is 47.9 Å². The van der Waals surface area contributed by atoms with E-state index in [1.807, 2.05) is 45.0 Å². The Morgan fingerprint density at radius 3 is 2.48 bits per heavy atom. The lowest BCUT2D eigenvalue weighted by Gasteiger charge is -2.13. The molecule has 6 heteroatoms. The van der Waals surface area contributed by atoms with Crippen molar-refractivity contribution >= 4 is 17.2 Å². The van der Waals surface area contributed by atoms with Crippen LogP contribution in [-0.4, -0.2) is 28.9 Å². The molecular weight excluding hydrogens is 365 g/mol. The molecule has 2 aromatic rings. The molecule has 1 atom stereocenters. The highest BCUT2D eigenvalue weighted by Gasteiger charge is 2.18. The van der Waals surface area contributed by atoms with Gasteiger partial charge in [-0.3, -0.25) is 0 Å². The summed E-state index contributed by atoms with van der Waals surface area (Å²) in [5.41, 5.74) is 2.58. The second kappa shape index (κ2) is 9.76. The number of nitrogens with zero attached hydrogens (tertiary/aromatic N) is 1. The standard InChI is InChI=1S/C21H26FNO3S/c1-21(2,3)27(24)23-14-18-13-19(22)8-7-17(18)11-12-26-15-16-5-9-20(25-4)10-6-16/h5-10,13-14H,11-12,15H2,1-4H3/b23-14+/t27-/m1/s1. The highest BCUT2D eigenvalue weighted by Crippen LogP contribution is 2.15. The normalized spacial score (nSPS) is 13.1. The lowest BCUT2D eigenvalue weighted by molar-refractivity contribution is 0.124. The van der Waals surface area contributed by atoms with Crippen molar-refractivity contribution in [2.75, 3.05) is 13.7 Å². The molecule has 0 aliphatic carbocycles. The fourth-order valence-electron chi connectivity index (χ4n) is 2.27. The van der Waals surface area contributed by atoms with Crippen molar-refractivity contribution < 1.29 is 18.1 Å². The third-order valence-corrected chi connectivity index (χ3v) is 5.21. The van der Waals surface area contributed by atoms with Crippen molar-refractivity contribution in [1.29, 1.82) is 0 Å². The van der Waals surface area contributed by atoms with Gasteiger partial charge in [-0.2, -0.15) is 4.40 Å². The average Bonchev–Trinajstić information content (AvgIpc) is 2.64. The second-order valence-corrected chi connectivity index (χ2v) is 9.02. The van der Waals surface area contributed by atoms with E-state index in [1.165, 1.54) is 18.3 Å². The Bertz CT molecular complexity index is 798. The molecule has 0 radical (unpaired) electrons. The van der Waals surface area contributed by atoms with Gasteiger partial charge in [-0.1, -0.05) is 18.2 Å². The average molecular weight is 392 g/mol. The van der Waals surface area contributed by atoms with E-state index in [2.05, 4.69) is 4.40 Å². The summed E-state index contributed by atoms with van der Waals surface area (Å²) in [7, 11) is 0.249. The van der Waals surface area contributed by atoms with Crippen molar-refractivity contribution in [3.05, 3.63) is 65.0 Å². The zero-order valence-corrected chi connectivity index (χ0v) is 17.0. The Labute approximate surface area is 163 Å². The van der Waals surface area contributed by atoms with Crippen LogP contribution in [0.2, 0.25) is 0 Å². The molecule has 0 amide bonds. The largest absolute Gasteiger partial charge is 0.497 e. The van der Waals surface area contributed by atoms with Crippen LogP contribution < -0.4 is 4.74 Å². The van der Waals surface area contributed by atoms with Gasteiger partial charge >= 0.3 is 0 Å². The van der Waals surface area contributed by atoms with Gasteiger partial charge in [0.05, 0.1) is 25.1 Å². The van der Waals surface area contributed by atoms with E-state index in [0.29, 0.717) is 25.2 Å². The molecule has 0 aliphatic heterocycles. The molecule has 0 spiro atoms. The maximum atomic E-state index is 13.6. The molecule has 0 bridgehead atoms. The molecule has 0 saturated carbocycles. The highest BCUT2D eigenvalue weighted by atomic mass is 32.2. The quantitative estimate of drug-likeness (QED) is 0.493. The van der Waals surface area contributed by atoms with E-state index >= 15 is 0 Å². The summed E-state index contributed by atoms with van der Waals surface area (Å²) < 4.78 is 40.2. The van der Waals surface area contributed by atoms with Gasteiger partial charge < -0.3 is 9.47 Å². The molecule has 0 N–H and O–H groups in total. The Kier molecular flexibility index (Phi) is 7.68. The first-order valence-corrected chi connectivity index (χ1v) is 9.85. The van der Waals surface area contributed by atoms with E-state index in [-0.39, 0.29) is 5.82 Å². The Hall–Kier alpha value is -2.05. The van der Waals surface area contributed by atoms with Crippen molar-refractivity contribution in [2.24, 2.45) is 4.40 Å².